The van der Waals surface area contributed by atoms with Gasteiger partial charge in [0.25, 0.3) is 0 Å². The molecule has 0 amide bonds. The van der Waals surface area contributed by atoms with Crippen LogP contribution < -0.4 is 0 Å². The van der Waals surface area contributed by atoms with E-state index in [1.54, 1.807) is 13.8 Å². The lowest BCUT2D eigenvalue weighted by atomic mass is 9.62. The Kier molecular flexibility index (Phi) is 3.48. The largest absolute Gasteiger partial charge is 0.386 e. The van der Waals surface area contributed by atoms with Gasteiger partial charge in [-0.15, -0.1) is 10.2 Å². The third-order valence-corrected chi connectivity index (χ3v) is 5.27. The summed E-state index contributed by atoms with van der Waals surface area (Å²) in [6, 6.07) is 11.9. The average molecular weight is 339 g/mol. The van der Waals surface area contributed by atoms with Gasteiger partial charge in [0.15, 0.2) is 5.65 Å². The molecule has 1 fully saturated rings. The quantitative estimate of drug-likeness (QED) is 0.792. The molecule has 0 radical (unpaired) electrons. The van der Waals surface area contributed by atoms with E-state index in [0.29, 0.717) is 24.1 Å². The molecule has 1 saturated carbocycles. The molecule has 1 aliphatic rings. The number of aliphatic hydroxyl groups is 1. The van der Waals surface area contributed by atoms with Crippen molar-refractivity contribution in [2.45, 2.75) is 50.8 Å². The summed E-state index contributed by atoms with van der Waals surface area (Å²) in [7, 11) is 0. The Morgan fingerprint density at radius 2 is 1.84 bits per heavy atom. The van der Waals surface area contributed by atoms with Crippen molar-refractivity contribution in [2.24, 2.45) is 0 Å². The molecule has 0 atom stereocenters. The highest BCUT2D eigenvalue weighted by Gasteiger charge is 2.50. The van der Waals surface area contributed by atoms with Gasteiger partial charge in [0.1, 0.15) is 12.0 Å². The Balaban J connectivity index is 1.91. The number of nitrogens with zero attached hydrogens (tertiary/aromatic N) is 3. The third kappa shape index (κ3) is 2.45. The monoisotopic (exact) mass is 339 g/mol. The molecule has 1 N–H and O–H groups in total. The van der Waals surface area contributed by atoms with Gasteiger partial charge in [-0.1, -0.05) is 35.9 Å². The van der Waals surface area contributed by atoms with Gasteiger partial charge < -0.3 is 5.11 Å². The predicted octanol–water partition coefficient (Wildman–Crippen LogP) is 3.68. The zero-order valence-corrected chi connectivity index (χ0v) is 14.7. The number of hydrogen-bond acceptors (Lipinski definition) is 3. The van der Waals surface area contributed by atoms with Crippen molar-refractivity contribution in [1.29, 1.82) is 0 Å². The molecule has 4 rings (SSSR count). The number of hydrogen-bond donors (Lipinski definition) is 1. The van der Waals surface area contributed by atoms with Crippen molar-refractivity contribution in [3.63, 3.8) is 0 Å². The topological polar surface area (TPSA) is 50.4 Å². The van der Waals surface area contributed by atoms with Crippen LogP contribution in [-0.4, -0.2) is 25.9 Å². The fourth-order valence-electron chi connectivity index (χ4n) is 3.84. The number of pyridine rings is 1. The Labute approximate surface area is 146 Å². The summed E-state index contributed by atoms with van der Waals surface area (Å²) in [6.45, 7) is 5.50. The molecule has 0 saturated heterocycles. The minimum Gasteiger partial charge on any atom is -0.386 e. The molecule has 0 unspecified atom stereocenters. The molecule has 2 aromatic heterocycles. The van der Waals surface area contributed by atoms with E-state index in [2.05, 4.69) is 22.3 Å². The number of fused-ring (bicyclic) bond motifs is 1. The molecule has 3 aromatic rings. The van der Waals surface area contributed by atoms with E-state index in [1.807, 2.05) is 41.8 Å². The average Bonchev–Trinajstić information content (AvgIpc) is 2.95. The summed E-state index contributed by atoms with van der Waals surface area (Å²) in [6.07, 6.45) is 1.88. The van der Waals surface area contributed by atoms with Crippen LogP contribution in [0.1, 0.15) is 49.2 Å². The molecule has 2 heterocycles. The predicted molar refractivity (Wildman–Crippen MR) is 94.3 cm³/mol. The van der Waals surface area contributed by atoms with Crippen LogP contribution in [0.15, 0.2) is 42.6 Å². The number of alkyl halides is 1. The lowest BCUT2D eigenvalue weighted by Gasteiger charge is -2.43. The second kappa shape index (κ2) is 5.36. The SMILES string of the molecule is Cc1ccc(C2(c3nnc4c(C(C)(C)O)cccn34)CC(F)C2)cc1. The van der Waals surface area contributed by atoms with E-state index in [9.17, 15) is 9.50 Å². The number of rotatable bonds is 3. The molecular weight excluding hydrogens is 317 g/mol. The Morgan fingerprint density at radius 3 is 2.44 bits per heavy atom. The molecule has 130 valence electrons. The summed E-state index contributed by atoms with van der Waals surface area (Å²) in [4.78, 5) is 0. The van der Waals surface area contributed by atoms with Crippen LogP contribution in [0.5, 0.6) is 0 Å². The first-order chi connectivity index (χ1) is 11.8. The smallest absolute Gasteiger partial charge is 0.166 e. The van der Waals surface area contributed by atoms with Crippen molar-refractivity contribution in [3.05, 3.63) is 65.1 Å². The Bertz CT molecular complexity index is 918. The van der Waals surface area contributed by atoms with Crippen molar-refractivity contribution < 1.29 is 9.50 Å². The normalized spacial score (nSPS) is 23.6. The number of halogens is 1. The summed E-state index contributed by atoms with van der Waals surface area (Å²) in [5.41, 5.74) is 2.08. The van der Waals surface area contributed by atoms with Gasteiger partial charge in [0, 0.05) is 11.8 Å². The van der Waals surface area contributed by atoms with E-state index in [0.717, 1.165) is 11.4 Å². The molecule has 25 heavy (non-hydrogen) atoms. The molecule has 0 bridgehead atoms. The number of benzene rings is 1. The highest BCUT2D eigenvalue weighted by Crippen LogP contribution is 2.50. The summed E-state index contributed by atoms with van der Waals surface area (Å²) in [5.74, 6) is 0.742. The van der Waals surface area contributed by atoms with Crippen LogP contribution in [0.4, 0.5) is 4.39 Å². The van der Waals surface area contributed by atoms with Crippen LogP contribution >= 0.6 is 0 Å². The van der Waals surface area contributed by atoms with E-state index >= 15 is 0 Å². The molecule has 0 spiro atoms. The van der Waals surface area contributed by atoms with Crippen LogP contribution in [0.25, 0.3) is 5.65 Å². The van der Waals surface area contributed by atoms with Crippen molar-refractivity contribution in [2.75, 3.05) is 0 Å². The third-order valence-electron chi connectivity index (χ3n) is 5.27. The second-order valence-electron chi connectivity index (χ2n) is 7.65. The van der Waals surface area contributed by atoms with E-state index in [1.165, 1.54) is 5.56 Å². The zero-order chi connectivity index (χ0) is 17.8. The Hall–Kier alpha value is -2.27. The first-order valence-corrected chi connectivity index (χ1v) is 8.59. The summed E-state index contributed by atoms with van der Waals surface area (Å²) in [5, 5.41) is 19.2. The summed E-state index contributed by atoms with van der Waals surface area (Å²) < 4.78 is 15.8. The fraction of sp³-hybridized carbons (Fsp3) is 0.400. The van der Waals surface area contributed by atoms with Crippen molar-refractivity contribution in [1.82, 2.24) is 14.6 Å². The minimum absolute atomic E-state index is 0.406. The van der Waals surface area contributed by atoms with Gasteiger partial charge in [0.05, 0.1) is 11.0 Å². The number of aromatic nitrogens is 3. The molecule has 5 heteroatoms. The molecule has 1 aliphatic carbocycles. The van der Waals surface area contributed by atoms with Gasteiger partial charge in [-0.3, -0.25) is 4.40 Å². The first-order valence-electron chi connectivity index (χ1n) is 8.59. The maximum atomic E-state index is 13.9. The highest BCUT2D eigenvalue weighted by atomic mass is 19.1. The van der Waals surface area contributed by atoms with E-state index in [4.69, 9.17) is 0 Å². The lowest BCUT2D eigenvalue weighted by molar-refractivity contribution is 0.0795. The highest BCUT2D eigenvalue weighted by molar-refractivity contribution is 5.52. The van der Waals surface area contributed by atoms with Gasteiger partial charge in [-0.2, -0.15) is 0 Å². The molecular formula is C20H22FN3O. The molecule has 4 nitrogen and oxygen atoms in total. The minimum atomic E-state index is -1.02. The zero-order valence-electron chi connectivity index (χ0n) is 14.7. The van der Waals surface area contributed by atoms with E-state index < -0.39 is 17.2 Å². The molecule has 1 aromatic carbocycles. The van der Waals surface area contributed by atoms with Gasteiger partial charge in [-0.25, -0.2) is 4.39 Å². The van der Waals surface area contributed by atoms with Crippen LogP contribution in [-0.2, 0) is 11.0 Å². The maximum Gasteiger partial charge on any atom is 0.166 e. The first kappa shape index (κ1) is 16.2. The van der Waals surface area contributed by atoms with Gasteiger partial charge in [0.2, 0.25) is 0 Å². The Morgan fingerprint density at radius 1 is 1.16 bits per heavy atom. The van der Waals surface area contributed by atoms with E-state index in [-0.39, 0.29) is 0 Å². The second-order valence-corrected chi connectivity index (χ2v) is 7.65. The van der Waals surface area contributed by atoms with Crippen molar-refractivity contribution in [3.8, 4) is 0 Å². The summed E-state index contributed by atoms with van der Waals surface area (Å²) >= 11 is 0. The van der Waals surface area contributed by atoms with Crippen molar-refractivity contribution >= 4 is 5.65 Å². The standard InChI is InChI=1S/C20H22FN3O/c1-13-6-8-14(9-7-13)20(11-15(21)12-20)18-23-22-17-16(19(2,3)25)5-4-10-24(17)18/h4-10,15,25H,11-12H2,1-3H3. The molecule has 0 aliphatic heterocycles. The number of aryl methyl sites for hydroxylation is 1. The lowest BCUT2D eigenvalue weighted by Crippen LogP contribution is -2.45. The van der Waals surface area contributed by atoms with Crippen LogP contribution in [0.3, 0.4) is 0 Å². The van der Waals surface area contributed by atoms with Gasteiger partial charge in [-0.05, 0) is 45.2 Å². The van der Waals surface area contributed by atoms with Crippen LogP contribution in [0.2, 0.25) is 0 Å². The van der Waals surface area contributed by atoms with Gasteiger partial charge >= 0.3 is 0 Å². The maximum absolute atomic E-state index is 13.9. The van der Waals surface area contributed by atoms with Crippen LogP contribution in [0, 0.1) is 6.92 Å². The fourth-order valence-corrected chi connectivity index (χ4v) is 3.84.